The highest BCUT2D eigenvalue weighted by Crippen LogP contribution is 2.21. The molecule has 4 nitrogen and oxygen atoms in total. The molecule has 1 N–H and O–H groups in total. The van der Waals surface area contributed by atoms with Gasteiger partial charge in [0.15, 0.2) is 0 Å². The second-order valence-corrected chi connectivity index (χ2v) is 4.92. The maximum atomic E-state index is 12.4. The van der Waals surface area contributed by atoms with Crippen LogP contribution in [0.1, 0.15) is 17.4 Å². The van der Waals surface area contributed by atoms with Crippen molar-refractivity contribution in [2.75, 3.05) is 0 Å². The number of halogens is 4. The van der Waals surface area contributed by atoms with E-state index in [-0.39, 0.29) is 5.69 Å². The highest BCUT2D eigenvalue weighted by molar-refractivity contribution is 6.29. The van der Waals surface area contributed by atoms with E-state index in [1.807, 2.05) is 5.32 Å². The van der Waals surface area contributed by atoms with Crippen LogP contribution in [0.15, 0.2) is 36.7 Å². The molecule has 0 radical (unpaired) electrons. The maximum absolute atomic E-state index is 12.4. The fraction of sp³-hybridized carbons (Fsp3) is 0.214. The first-order chi connectivity index (χ1) is 10.3. The average Bonchev–Trinajstić information content (AvgIpc) is 2.46. The van der Waals surface area contributed by atoms with Gasteiger partial charge in [-0.3, -0.25) is 9.78 Å². The van der Waals surface area contributed by atoms with Gasteiger partial charge < -0.3 is 5.32 Å². The number of rotatable bonds is 3. The SMILES string of the molecule is C[C@@H](NC(=O)c1ccc(-c2ccnc(Cl)c2)cn1)C(F)(F)F. The molecule has 0 aromatic carbocycles. The van der Waals surface area contributed by atoms with Crippen LogP contribution in [0.4, 0.5) is 13.2 Å². The zero-order chi connectivity index (χ0) is 16.3. The molecule has 2 aromatic rings. The van der Waals surface area contributed by atoms with Gasteiger partial charge in [-0.1, -0.05) is 17.7 Å². The third kappa shape index (κ3) is 3.94. The van der Waals surface area contributed by atoms with Gasteiger partial charge in [-0.2, -0.15) is 13.2 Å². The molecule has 0 saturated carbocycles. The standard InChI is InChI=1S/C14H11ClF3N3O/c1-8(14(16,17)18)21-13(22)11-3-2-10(7-20-11)9-4-5-19-12(15)6-9/h2-8H,1H3,(H,21,22)/t8-/m1/s1. The number of nitrogens with zero attached hydrogens (tertiary/aromatic N) is 2. The van der Waals surface area contributed by atoms with Crippen molar-refractivity contribution >= 4 is 17.5 Å². The van der Waals surface area contributed by atoms with Gasteiger partial charge in [0.2, 0.25) is 0 Å². The summed E-state index contributed by atoms with van der Waals surface area (Å²) in [6, 6.07) is 4.30. The molecule has 8 heteroatoms. The molecule has 1 atom stereocenters. The highest BCUT2D eigenvalue weighted by Gasteiger charge is 2.37. The zero-order valence-electron chi connectivity index (χ0n) is 11.4. The van der Waals surface area contributed by atoms with E-state index in [0.29, 0.717) is 10.7 Å². The van der Waals surface area contributed by atoms with Gasteiger partial charge in [0, 0.05) is 18.0 Å². The Morgan fingerprint density at radius 1 is 1.23 bits per heavy atom. The van der Waals surface area contributed by atoms with Crippen molar-refractivity contribution in [3.8, 4) is 11.1 Å². The Morgan fingerprint density at radius 2 is 1.95 bits per heavy atom. The molecule has 0 spiro atoms. The lowest BCUT2D eigenvalue weighted by Crippen LogP contribution is -2.43. The van der Waals surface area contributed by atoms with Gasteiger partial charge in [-0.25, -0.2) is 4.98 Å². The highest BCUT2D eigenvalue weighted by atomic mass is 35.5. The summed E-state index contributed by atoms with van der Waals surface area (Å²) in [7, 11) is 0. The summed E-state index contributed by atoms with van der Waals surface area (Å²) in [4.78, 5) is 19.4. The zero-order valence-corrected chi connectivity index (χ0v) is 12.1. The Bertz CT molecular complexity index is 674. The topological polar surface area (TPSA) is 54.9 Å². The van der Waals surface area contributed by atoms with Crippen LogP contribution in [0, 0.1) is 0 Å². The van der Waals surface area contributed by atoms with Gasteiger partial charge >= 0.3 is 6.18 Å². The lowest BCUT2D eigenvalue weighted by molar-refractivity contribution is -0.149. The Labute approximate surface area is 129 Å². The van der Waals surface area contributed by atoms with Crippen LogP contribution < -0.4 is 5.32 Å². The van der Waals surface area contributed by atoms with Gasteiger partial charge in [-0.05, 0) is 30.7 Å². The fourth-order valence-corrected chi connectivity index (χ4v) is 1.81. The Hall–Kier alpha value is -2.15. The number of hydrogen-bond acceptors (Lipinski definition) is 3. The van der Waals surface area contributed by atoms with Crippen LogP contribution in [0.2, 0.25) is 5.15 Å². The number of carbonyl (C=O) groups excluding carboxylic acids is 1. The number of amides is 1. The van der Waals surface area contributed by atoms with E-state index in [1.54, 1.807) is 18.2 Å². The number of pyridine rings is 2. The minimum Gasteiger partial charge on any atom is -0.339 e. The molecule has 0 unspecified atom stereocenters. The monoisotopic (exact) mass is 329 g/mol. The third-order valence-electron chi connectivity index (χ3n) is 2.89. The van der Waals surface area contributed by atoms with E-state index in [0.717, 1.165) is 12.5 Å². The van der Waals surface area contributed by atoms with Gasteiger partial charge in [0.25, 0.3) is 5.91 Å². The molecule has 0 aliphatic rings. The molecule has 2 heterocycles. The molecular weight excluding hydrogens is 319 g/mol. The van der Waals surface area contributed by atoms with Gasteiger partial charge in [0.1, 0.15) is 16.9 Å². The second kappa shape index (κ2) is 6.31. The Balaban J connectivity index is 2.14. The maximum Gasteiger partial charge on any atom is 0.408 e. The second-order valence-electron chi connectivity index (χ2n) is 4.54. The van der Waals surface area contributed by atoms with E-state index in [4.69, 9.17) is 11.6 Å². The average molecular weight is 330 g/mol. The summed E-state index contributed by atoms with van der Waals surface area (Å²) >= 11 is 5.77. The van der Waals surface area contributed by atoms with Crippen molar-refractivity contribution < 1.29 is 18.0 Å². The van der Waals surface area contributed by atoms with Crippen LogP contribution in [0.3, 0.4) is 0 Å². The van der Waals surface area contributed by atoms with Crippen molar-refractivity contribution in [1.82, 2.24) is 15.3 Å². The minimum absolute atomic E-state index is 0.0972. The quantitative estimate of drug-likeness (QED) is 0.877. The summed E-state index contributed by atoms with van der Waals surface area (Å²) in [5.41, 5.74) is 1.31. The van der Waals surface area contributed by atoms with E-state index in [2.05, 4.69) is 9.97 Å². The van der Waals surface area contributed by atoms with E-state index in [1.165, 1.54) is 18.5 Å². The van der Waals surface area contributed by atoms with Crippen LogP contribution in [-0.4, -0.2) is 28.1 Å². The summed E-state index contributed by atoms with van der Waals surface area (Å²) in [6.07, 6.45) is -1.59. The third-order valence-corrected chi connectivity index (χ3v) is 3.10. The molecule has 0 aliphatic heterocycles. The Morgan fingerprint density at radius 3 is 2.50 bits per heavy atom. The molecule has 116 valence electrons. The first-order valence-electron chi connectivity index (χ1n) is 6.23. The number of alkyl halides is 3. The van der Waals surface area contributed by atoms with Crippen molar-refractivity contribution in [3.05, 3.63) is 47.5 Å². The first-order valence-corrected chi connectivity index (χ1v) is 6.61. The summed E-state index contributed by atoms with van der Waals surface area (Å²) in [6.45, 7) is 0.866. The van der Waals surface area contributed by atoms with Crippen molar-refractivity contribution in [2.45, 2.75) is 19.1 Å². The summed E-state index contributed by atoms with van der Waals surface area (Å²) in [5, 5.41) is 2.15. The molecule has 1 amide bonds. The molecule has 0 aliphatic carbocycles. The smallest absolute Gasteiger partial charge is 0.339 e. The number of aromatic nitrogens is 2. The van der Waals surface area contributed by atoms with Crippen LogP contribution in [0.25, 0.3) is 11.1 Å². The number of carbonyl (C=O) groups is 1. The predicted octanol–water partition coefficient (Wildman–Crippen LogP) is 3.48. The van der Waals surface area contributed by atoms with E-state index < -0.39 is 18.1 Å². The summed E-state index contributed by atoms with van der Waals surface area (Å²) in [5.74, 6) is -0.885. The van der Waals surface area contributed by atoms with E-state index in [9.17, 15) is 18.0 Å². The van der Waals surface area contributed by atoms with Crippen molar-refractivity contribution in [3.63, 3.8) is 0 Å². The van der Waals surface area contributed by atoms with Crippen LogP contribution in [-0.2, 0) is 0 Å². The van der Waals surface area contributed by atoms with E-state index >= 15 is 0 Å². The molecule has 0 fully saturated rings. The van der Waals surface area contributed by atoms with Crippen molar-refractivity contribution in [1.29, 1.82) is 0 Å². The lowest BCUT2D eigenvalue weighted by Gasteiger charge is -2.16. The van der Waals surface area contributed by atoms with Crippen LogP contribution >= 0.6 is 11.6 Å². The molecular formula is C14H11ClF3N3O. The normalized spacial score (nSPS) is 12.8. The first kappa shape index (κ1) is 16.2. The van der Waals surface area contributed by atoms with Crippen LogP contribution in [0.5, 0.6) is 0 Å². The lowest BCUT2D eigenvalue weighted by atomic mass is 10.1. The minimum atomic E-state index is -4.50. The largest absolute Gasteiger partial charge is 0.408 e. The summed E-state index contributed by atoms with van der Waals surface area (Å²) < 4.78 is 37.2. The Kier molecular flexibility index (Phi) is 4.65. The number of nitrogens with one attached hydrogen (secondary N) is 1. The fourth-order valence-electron chi connectivity index (χ4n) is 1.63. The molecule has 0 bridgehead atoms. The molecule has 0 saturated heterocycles. The molecule has 22 heavy (non-hydrogen) atoms. The van der Waals surface area contributed by atoms with Gasteiger partial charge in [0.05, 0.1) is 0 Å². The van der Waals surface area contributed by atoms with Crippen molar-refractivity contribution in [2.24, 2.45) is 0 Å². The molecule has 2 rings (SSSR count). The van der Waals surface area contributed by atoms with Gasteiger partial charge in [-0.15, -0.1) is 0 Å². The number of hydrogen-bond donors (Lipinski definition) is 1. The molecule has 2 aromatic heterocycles. The predicted molar refractivity (Wildman–Crippen MR) is 75.5 cm³/mol.